The SMILES string of the molecule is CC1CC(NC(=O)c2ccc(C(F)(F)F)[nH]c2=O)CCN1. The molecule has 1 amide bonds. The van der Waals surface area contributed by atoms with E-state index in [0.717, 1.165) is 12.6 Å². The van der Waals surface area contributed by atoms with Crippen LogP contribution in [-0.2, 0) is 6.18 Å². The first kappa shape index (κ1) is 15.6. The van der Waals surface area contributed by atoms with Crippen LogP contribution in [0.5, 0.6) is 0 Å². The van der Waals surface area contributed by atoms with E-state index in [-0.39, 0.29) is 17.6 Å². The van der Waals surface area contributed by atoms with E-state index in [1.165, 1.54) is 0 Å². The summed E-state index contributed by atoms with van der Waals surface area (Å²) in [6.45, 7) is 2.72. The van der Waals surface area contributed by atoms with Crippen LogP contribution in [0.3, 0.4) is 0 Å². The first-order chi connectivity index (χ1) is 9.77. The van der Waals surface area contributed by atoms with Gasteiger partial charge in [0.1, 0.15) is 11.3 Å². The van der Waals surface area contributed by atoms with E-state index >= 15 is 0 Å². The van der Waals surface area contributed by atoms with Crippen molar-refractivity contribution in [3.8, 4) is 0 Å². The van der Waals surface area contributed by atoms with Gasteiger partial charge in [0.25, 0.3) is 11.5 Å². The molecule has 0 spiro atoms. The number of amides is 1. The Morgan fingerprint density at radius 3 is 2.67 bits per heavy atom. The van der Waals surface area contributed by atoms with Crippen molar-refractivity contribution in [2.45, 2.75) is 38.0 Å². The van der Waals surface area contributed by atoms with Crippen LogP contribution in [-0.4, -0.2) is 29.5 Å². The average molecular weight is 303 g/mol. The minimum absolute atomic E-state index is 0.0876. The van der Waals surface area contributed by atoms with Crippen molar-refractivity contribution in [2.24, 2.45) is 0 Å². The molecule has 8 heteroatoms. The van der Waals surface area contributed by atoms with Crippen molar-refractivity contribution in [3.05, 3.63) is 33.7 Å². The number of alkyl halides is 3. The first-order valence-electron chi connectivity index (χ1n) is 6.62. The van der Waals surface area contributed by atoms with Crippen LogP contribution in [0.25, 0.3) is 0 Å². The summed E-state index contributed by atoms with van der Waals surface area (Å²) in [5, 5.41) is 5.90. The van der Waals surface area contributed by atoms with E-state index in [9.17, 15) is 22.8 Å². The zero-order valence-corrected chi connectivity index (χ0v) is 11.4. The smallest absolute Gasteiger partial charge is 0.349 e. The molecule has 2 heterocycles. The highest BCUT2D eigenvalue weighted by molar-refractivity contribution is 5.94. The lowest BCUT2D eigenvalue weighted by Gasteiger charge is -2.28. The van der Waals surface area contributed by atoms with E-state index in [2.05, 4.69) is 10.6 Å². The third-order valence-electron chi connectivity index (χ3n) is 3.42. The van der Waals surface area contributed by atoms with Crippen LogP contribution in [0.4, 0.5) is 13.2 Å². The van der Waals surface area contributed by atoms with Gasteiger partial charge in [-0.3, -0.25) is 9.59 Å². The van der Waals surface area contributed by atoms with Crippen molar-refractivity contribution in [1.29, 1.82) is 0 Å². The molecule has 0 radical (unpaired) electrons. The van der Waals surface area contributed by atoms with Crippen LogP contribution in [0.2, 0.25) is 0 Å². The zero-order chi connectivity index (χ0) is 15.6. The molecule has 0 bridgehead atoms. The minimum Gasteiger partial charge on any atom is -0.349 e. The summed E-state index contributed by atoms with van der Waals surface area (Å²) in [6.07, 6.45) is -3.21. The minimum atomic E-state index is -4.64. The maximum atomic E-state index is 12.4. The average Bonchev–Trinajstić information content (AvgIpc) is 2.37. The van der Waals surface area contributed by atoms with Gasteiger partial charge < -0.3 is 15.6 Å². The van der Waals surface area contributed by atoms with Gasteiger partial charge in [-0.1, -0.05) is 0 Å². The van der Waals surface area contributed by atoms with Crippen LogP contribution in [0, 0.1) is 0 Å². The molecule has 1 aliphatic heterocycles. The number of nitrogens with one attached hydrogen (secondary N) is 3. The third kappa shape index (κ3) is 3.84. The third-order valence-corrected chi connectivity index (χ3v) is 3.42. The normalized spacial score (nSPS) is 22.9. The molecule has 2 rings (SSSR count). The Labute approximate surface area is 118 Å². The summed E-state index contributed by atoms with van der Waals surface area (Å²) in [5.74, 6) is -0.649. The molecule has 3 N–H and O–H groups in total. The number of pyridine rings is 1. The summed E-state index contributed by atoms with van der Waals surface area (Å²) < 4.78 is 37.3. The summed E-state index contributed by atoms with van der Waals surface area (Å²) >= 11 is 0. The van der Waals surface area contributed by atoms with Crippen molar-refractivity contribution < 1.29 is 18.0 Å². The fourth-order valence-electron chi connectivity index (χ4n) is 2.34. The number of rotatable bonds is 2. The highest BCUT2D eigenvalue weighted by atomic mass is 19.4. The Morgan fingerprint density at radius 1 is 1.38 bits per heavy atom. The number of carbonyl (C=O) groups excluding carboxylic acids is 1. The highest BCUT2D eigenvalue weighted by Crippen LogP contribution is 2.26. The Hall–Kier alpha value is -1.83. The Balaban J connectivity index is 2.11. The number of hydrogen-bond acceptors (Lipinski definition) is 3. The lowest BCUT2D eigenvalue weighted by Crippen LogP contribution is -2.47. The lowest BCUT2D eigenvalue weighted by atomic mass is 10.0. The monoisotopic (exact) mass is 303 g/mol. The molecule has 1 aromatic rings. The summed E-state index contributed by atoms with van der Waals surface area (Å²) in [6, 6.07) is 1.76. The van der Waals surface area contributed by atoms with Crippen molar-refractivity contribution in [1.82, 2.24) is 15.6 Å². The Bertz CT molecular complexity index is 583. The zero-order valence-electron chi connectivity index (χ0n) is 11.4. The van der Waals surface area contributed by atoms with Crippen LogP contribution in [0.15, 0.2) is 16.9 Å². The van der Waals surface area contributed by atoms with E-state index in [1.54, 1.807) is 4.98 Å². The first-order valence-corrected chi connectivity index (χ1v) is 6.62. The quantitative estimate of drug-likeness (QED) is 0.770. The molecule has 21 heavy (non-hydrogen) atoms. The number of aromatic nitrogens is 1. The van der Waals surface area contributed by atoms with Crippen molar-refractivity contribution in [2.75, 3.05) is 6.54 Å². The second kappa shape index (κ2) is 5.88. The topological polar surface area (TPSA) is 74.0 Å². The fourth-order valence-corrected chi connectivity index (χ4v) is 2.34. The van der Waals surface area contributed by atoms with E-state index in [4.69, 9.17) is 0 Å². The summed E-state index contributed by atoms with van der Waals surface area (Å²) in [7, 11) is 0. The largest absolute Gasteiger partial charge is 0.431 e. The molecule has 2 atom stereocenters. The predicted molar refractivity (Wildman–Crippen MR) is 70.0 cm³/mol. The molecule has 5 nitrogen and oxygen atoms in total. The second-order valence-corrected chi connectivity index (χ2v) is 5.16. The van der Waals surface area contributed by atoms with Crippen molar-refractivity contribution in [3.63, 3.8) is 0 Å². The number of halogens is 3. The van der Waals surface area contributed by atoms with Gasteiger partial charge in [0.15, 0.2) is 0 Å². The van der Waals surface area contributed by atoms with E-state index in [1.807, 2.05) is 6.92 Å². The Morgan fingerprint density at radius 2 is 2.10 bits per heavy atom. The van der Waals surface area contributed by atoms with E-state index in [0.29, 0.717) is 18.9 Å². The molecule has 2 unspecified atom stereocenters. The molecular weight excluding hydrogens is 287 g/mol. The lowest BCUT2D eigenvalue weighted by molar-refractivity contribution is -0.141. The van der Waals surface area contributed by atoms with Crippen LogP contribution >= 0.6 is 0 Å². The number of hydrogen-bond donors (Lipinski definition) is 3. The van der Waals surface area contributed by atoms with Crippen molar-refractivity contribution >= 4 is 5.91 Å². The number of piperidine rings is 1. The number of aromatic amines is 1. The van der Waals surface area contributed by atoms with Crippen LogP contribution < -0.4 is 16.2 Å². The van der Waals surface area contributed by atoms with Gasteiger partial charge >= 0.3 is 6.18 Å². The van der Waals surface area contributed by atoms with Gasteiger partial charge in [0.2, 0.25) is 0 Å². The molecule has 116 valence electrons. The molecule has 0 aromatic carbocycles. The maximum absolute atomic E-state index is 12.4. The summed E-state index contributed by atoms with van der Waals surface area (Å²) in [5.41, 5.74) is -2.52. The van der Waals surface area contributed by atoms with Gasteiger partial charge in [-0.25, -0.2) is 0 Å². The molecule has 1 fully saturated rings. The maximum Gasteiger partial charge on any atom is 0.431 e. The molecule has 1 aliphatic rings. The predicted octanol–water partition coefficient (Wildman–Crippen LogP) is 1.26. The second-order valence-electron chi connectivity index (χ2n) is 5.16. The standard InChI is InChI=1S/C13H16F3N3O2/c1-7-6-8(4-5-17-7)18-11(20)9-2-3-10(13(14,15)16)19-12(9)21/h2-3,7-8,17H,4-6H2,1H3,(H,18,20)(H,19,21). The molecule has 1 saturated heterocycles. The van der Waals surface area contributed by atoms with Crippen LogP contribution in [0.1, 0.15) is 35.8 Å². The Kier molecular flexibility index (Phi) is 4.36. The highest BCUT2D eigenvalue weighted by Gasteiger charge is 2.32. The van der Waals surface area contributed by atoms with Gasteiger partial charge in [-0.15, -0.1) is 0 Å². The molecule has 0 saturated carbocycles. The van der Waals surface area contributed by atoms with Gasteiger partial charge in [0.05, 0.1) is 0 Å². The fraction of sp³-hybridized carbons (Fsp3) is 0.538. The van der Waals surface area contributed by atoms with Gasteiger partial charge in [0, 0.05) is 12.1 Å². The molecular formula is C13H16F3N3O2. The molecule has 0 aliphatic carbocycles. The molecule has 1 aromatic heterocycles. The number of carbonyl (C=O) groups is 1. The van der Waals surface area contributed by atoms with Gasteiger partial charge in [-0.05, 0) is 38.4 Å². The van der Waals surface area contributed by atoms with E-state index < -0.39 is 23.3 Å². The van der Waals surface area contributed by atoms with Gasteiger partial charge in [-0.2, -0.15) is 13.2 Å². The summed E-state index contributed by atoms with van der Waals surface area (Å²) in [4.78, 5) is 25.3. The number of H-pyrrole nitrogens is 1.